The molecule has 0 fully saturated rings. The summed E-state index contributed by atoms with van der Waals surface area (Å²) in [4.78, 5) is 14.4. The minimum absolute atomic E-state index is 0.279. The van der Waals surface area contributed by atoms with Crippen molar-refractivity contribution in [2.75, 3.05) is 26.0 Å². The van der Waals surface area contributed by atoms with Crippen LogP contribution >= 0.6 is 11.3 Å². The molecule has 1 amide bonds. The minimum atomic E-state index is -0.279. The van der Waals surface area contributed by atoms with Gasteiger partial charge in [0.15, 0.2) is 0 Å². The summed E-state index contributed by atoms with van der Waals surface area (Å²) in [6.07, 6.45) is 2.74. The van der Waals surface area contributed by atoms with Crippen molar-refractivity contribution < 1.29 is 4.79 Å². The molecule has 0 bridgehead atoms. The molecule has 2 N–H and O–H groups in total. The third-order valence-electron chi connectivity index (χ3n) is 3.49. The summed E-state index contributed by atoms with van der Waals surface area (Å²) < 4.78 is 1.94. The fourth-order valence-corrected chi connectivity index (χ4v) is 2.91. The number of H-pyrrole nitrogens is 1. The van der Waals surface area contributed by atoms with Crippen LogP contribution in [0, 0.1) is 0 Å². The molecule has 3 rings (SSSR count). The molecule has 3 aromatic heterocycles. The van der Waals surface area contributed by atoms with Crippen LogP contribution in [-0.2, 0) is 13.5 Å². The molecular weight excluding hydrogens is 326 g/mol. The summed E-state index contributed by atoms with van der Waals surface area (Å²) >= 11 is 1.39. The van der Waals surface area contributed by atoms with Crippen LogP contribution in [0.25, 0.3) is 11.4 Å². The lowest BCUT2D eigenvalue weighted by molar-refractivity contribution is 0.102. The predicted octanol–water partition coefficient (Wildman–Crippen LogP) is 1.62. The van der Waals surface area contributed by atoms with Crippen LogP contribution in [0.15, 0.2) is 24.4 Å². The second-order valence-electron chi connectivity index (χ2n) is 5.68. The van der Waals surface area contributed by atoms with E-state index in [4.69, 9.17) is 0 Å². The van der Waals surface area contributed by atoms with Gasteiger partial charge in [-0.05, 0) is 32.3 Å². The highest BCUT2D eigenvalue weighted by molar-refractivity contribution is 7.15. The number of likely N-dealkylation sites (N-methyl/N-ethyl adjacent to an activating group) is 1. The Hall–Kier alpha value is -2.52. The standard InChI is InChI=1S/C15H19N7OS/c1-21(2)8-6-13-19-20-15(24-13)16-14(23)11-9-10(17-18-11)12-5-4-7-22(12)3/h4-5,7,9H,6,8H2,1-3H3,(H,17,18)(H,16,20,23). The average molecular weight is 345 g/mol. The van der Waals surface area contributed by atoms with Crippen molar-refractivity contribution in [2.24, 2.45) is 7.05 Å². The van der Waals surface area contributed by atoms with Crippen molar-refractivity contribution in [3.05, 3.63) is 35.1 Å². The van der Waals surface area contributed by atoms with Crippen molar-refractivity contribution in [3.63, 3.8) is 0 Å². The zero-order valence-corrected chi connectivity index (χ0v) is 14.6. The molecule has 0 atom stereocenters. The smallest absolute Gasteiger partial charge is 0.275 e. The van der Waals surface area contributed by atoms with Crippen LogP contribution < -0.4 is 5.32 Å². The van der Waals surface area contributed by atoms with Gasteiger partial charge in [-0.1, -0.05) is 11.3 Å². The molecule has 0 spiro atoms. The number of hydrogen-bond donors (Lipinski definition) is 2. The van der Waals surface area contributed by atoms with Crippen LogP contribution in [0.1, 0.15) is 15.5 Å². The van der Waals surface area contributed by atoms with Gasteiger partial charge in [0.2, 0.25) is 5.13 Å². The lowest BCUT2D eigenvalue weighted by Crippen LogP contribution is -2.14. The summed E-state index contributed by atoms with van der Waals surface area (Å²) in [6, 6.07) is 5.60. The average Bonchev–Trinajstić information content (AvgIpc) is 3.25. The number of carbonyl (C=O) groups excluding carboxylic acids is 1. The van der Waals surface area contributed by atoms with E-state index in [2.05, 4.69) is 30.6 Å². The van der Waals surface area contributed by atoms with E-state index in [9.17, 15) is 4.79 Å². The number of amides is 1. The summed E-state index contributed by atoms with van der Waals surface area (Å²) in [6.45, 7) is 0.892. The molecule has 8 nitrogen and oxygen atoms in total. The Morgan fingerprint density at radius 1 is 1.42 bits per heavy atom. The minimum Gasteiger partial charge on any atom is -0.349 e. The maximum atomic E-state index is 12.3. The molecule has 0 aliphatic rings. The number of aromatic nitrogens is 5. The molecule has 126 valence electrons. The van der Waals surface area contributed by atoms with E-state index in [0.29, 0.717) is 10.8 Å². The van der Waals surface area contributed by atoms with Gasteiger partial charge in [-0.2, -0.15) is 5.10 Å². The van der Waals surface area contributed by atoms with E-state index in [0.717, 1.165) is 29.4 Å². The molecule has 0 aliphatic heterocycles. The molecule has 9 heteroatoms. The van der Waals surface area contributed by atoms with E-state index < -0.39 is 0 Å². The van der Waals surface area contributed by atoms with E-state index in [1.807, 2.05) is 44.0 Å². The fourth-order valence-electron chi connectivity index (χ4n) is 2.19. The van der Waals surface area contributed by atoms with E-state index in [1.54, 1.807) is 6.07 Å². The van der Waals surface area contributed by atoms with Crippen molar-refractivity contribution in [3.8, 4) is 11.4 Å². The van der Waals surface area contributed by atoms with Crippen LogP contribution in [0.2, 0.25) is 0 Å². The number of anilines is 1. The first-order chi connectivity index (χ1) is 11.5. The number of hydrogen-bond acceptors (Lipinski definition) is 6. The van der Waals surface area contributed by atoms with Gasteiger partial charge >= 0.3 is 0 Å². The molecule has 0 aliphatic carbocycles. The molecule has 0 saturated heterocycles. The SMILES string of the molecule is CN(C)CCc1nnc(NC(=O)c2cc(-c3cccn3C)n[nH]2)s1. The van der Waals surface area contributed by atoms with Crippen molar-refractivity contribution >= 4 is 22.4 Å². The number of nitrogens with one attached hydrogen (secondary N) is 2. The fraction of sp³-hybridized carbons (Fsp3) is 0.333. The molecule has 0 radical (unpaired) electrons. The Morgan fingerprint density at radius 3 is 2.96 bits per heavy atom. The van der Waals surface area contributed by atoms with Crippen LogP contribution in [-0.4, -0.2) is 56.4 Å². The van der Waals surface area contributed by atoms with Gasteiger partial charge in [-0.15, -0.1) is 10.2 Å². The number of carbonyl (C=O) groups is 1. The highest BCUT2D eigenvalue weighted by Crippen LogP contribution is 2.19. The van der Waals surface area contributed by atoms with Gasteiger partial charge in [0, 0.05) is 26.2 Å². The normalized spacial score (nSPS) is 11.2. The van der Waals surface area contributed by atoms with Gasteiger partial charge in [0.25, 0.3) is 5.91 Å². The van der Waals surface area contributed by atoms with Crippen molar-refractivity contribution in [1.82, 2.24) is 29.9 Å². The first-order valence-corrected chi connectivity index (χ1v) is 8.30. The van der Waals surface area contributed by atoms with E-state index in [1.165, 1.54) is 11.3 Å². The zero-order chi connectivity index (χ0) is 17.1. The quantitative estimate of drug-likeness (QED) is 0.708. The Kier molecular flexibility index (Phi) is 4.72. The van der Waals surface area contributed by atoms with Gasteiger partial charge in [-0.3, -0.25) is 15.2 Å². The highest BCUT2D eigenvalue weighted by atomic mass is 32.1. The van der Waals surface area contributed by atoms with Gasteiger partial charge in [0.1, 0.15) is 16.4 Å². The highest BCUT2D eigenvalue weighted by Gasteiger charge is 2.14. The number of nitrogens with zero attached hydrogens (tertiary/aromatic N) is 5. The van der Waals surface area contributed by atoms with Gasteiger partial charge in [0.05, 0.1) is 5.69 Å². The second-order valence-corrected chi connectivity index (χ2v) is 6.74. The summed E-state index contributed by atoms with van der Waals surface area (Å²) in [5.74, 6) is -0.279. The maximum absolute atomic E-state index is 12.3. The zero-order valence-electron chi connectivity index (χ0n) is 13.8. The topological polar surface area (TPSA) is 91.7 Å². The molecule has 3 aromatic rings. The number of aromatic amines is 1. The largest absolute Gasteiger partial charge is 0.349 e. The number of rotatable bonds is 6. The Balaban J connectivity index is 1.65. The summed E-state index contributed by atoms with van der Waals surface area (Å²) in [7, 11) is 5.94. The number of aryl methyl sites for hydroxylation is 1. The Morgan fingerprint density at radius 2 is 2.25 bits per heavy atom. The first kappa shape index (κ1) is 16.3. The van der Waals surface area contributed by atoms with E-state index >= 15 is 0 Å². The molecule has 0 saturated carbocycles. The van der Waals surface area contributed by atoms with Crippen molar-refractivity contribution in [1.29, 1.82) is 0 Å². The molecule has 0 unspecified atom stereocenters. The van der Waals surface area contributed by atoms with Crippen LogP contribution in [0.3, 0.4) is 0 Å². The van der Waals surface area contributed by atoms with Gasteiger partial charge in [-0.25, -0.2) is 0 Å². The molecule has 24 heavy (non-hydrogen) atoms. The molecule has 0 aromatic carbocycles. The lowest BCUT2D eigenvalue weighted by Gasteiger charge is -2.05. The van der Waals surface area contributed by atoms with E-state index in [-0.39, 0.29) is 5.91 Å². The molecular formula is C15H19N7OS. The third kappa shape index (κ3) is 3.69. The first-order valence-electron chi connectivity index (χ1n) is 7.48. The van der Waals surface area contributed by atoms with Crippen LogP contribution in [0.5, 0.6) is 0 Å². The lowest BCUT2D eigenvalue weighted by atomic mass is 10.3. The Bertz CT molecular complexity index is 832. The van der Waals surface area contributed by atoms with Crippen LogP contribution in [0.4, 0.5) is 5.13 Å². The molecule has 3 heterocycles. The van der Waals surface area contributed by atoms with Crippen molar-refractivity contribution in [2.45, 2.75) is 6.42 Å². The second kappa shape index (κ2) is 6.93. The monoisotopic (exact) mass is 345 g/mol. The third-order valence-corrected chi connectivity index (χ3v) is 4.39. The maximum Gasteiger partial charge on any atom is 0.275 e. The summed E-state index contributed by atoms with van der Waals surface area (Å²) in [5, 5.41) is 19.2. The predicted molar refractivity (Wildman–Crippen MR) is 93.1 cm³/mol. The van der Waals surface area contributed by atoms with Gasteiger partial charge < -0.3 is 9.47 Å². The summed E-state index contributed by atoms with van der Waals surface area (Å²) in [5.41, 5.74) is 2.04. The Labute approximate surface area is 143 Å².